The van der Waals surface area contributed by atoms with Crippen molar-refractivity contribution in [1.29, 1.82) is 0 Å². The van der Waals surface area contributed by atoms with E-state index in [9.17, 15) is 19.2 Å². The van der Waals surface area contributed by atoms with Crippen LogP contribution in [0.25, 0.3) is 0 Å². The summed E-state index contributed by atoms with van der Waals surface area (Å²) in [4.78, 5) is 41.9. The quantitative estimate of drug-likeness (QED) is 0.499. The fourth-order valence-electron chi connectivity index (χ4n) is 1.71. The van der Waals surface area contributed by atoms with Gasteiger partial charge in [0, 0.05) is 17.1 Å². The van der Waals surface area contributed by atoms with Crippen LogP contribution in [0.2, 0.25) is 0 Å². The van der Waals surface area contributed by atoms with E-state index in [1.165, 1.54) is 48.5 Å². The molecule has 0 unspecified atom stereocenters. The third kappa shape index (κ3) is 8.12. The van der Waals surface area contributed by atoms with E-state index < -0.39 is 23.9 Å². The number of hydrogen-bond donors (Lipinski definition) is 4. The van der Waals surface area contributed by atoms with Crippen LogP contribution < -0.4 is 0 Å². The van der Waals surface area contributed by atoms with Crippen molar-refractivity contribution in [2.24, 2.45) is 0 Å². The molecule has 0 aromatic heterocycles. The molecule has 8 N–H and O–H groups in total. The molecule has 11 heteroatoms. The second-order valence-electron chi connectivity index (χ2n) is 4.31. The Kier molecular flexibility index (Phi) is 13.8. The van der Waals surface area contributed by atoms with Crippen molar-refractivity contribution in [2.45, 2.75) is 0 Å². The van der Waals surface area contributed by atoms with Crippen molar-refractivity contribution in [3.05, 3.63) is 70.8 Å². The monoisotopic (exact) mass is 431 g/mol. The Balaban J connectivity index is -0.000000384. The molecule has 0 atom stereocenters. The molecule has 2 aromatic rings. The zero-order valence-electron chi connectivity index (χ0n) is 13.3. The molecule has 0 aliphatic rings. The number of rotatable bonds is 4. The summed E-state index contributed by atoms with van der Waals surface area (Å²) in [6.45, 7) is 0. The first-order valence-corrected chi connectivity index (χ1v) is 6.37. The molecule has 0 fully saturated rings. The van der Waals surface area contributed by atoms with Crippen molar-refractivity contribution >= 4 is 23.9 Å². The third-order valence-corrected chi connectivity index (χ3v) is 2.78. The molecule has 0 saturated carbocycles. The Morgan fingerprint density at radius 3 is 0.741 bits per heavy atom. The molecule has 0 aliphatic heterocycles. The number of hydrogen-bond acceptors (Lipinski definition) is 4. The predicted molar refractivity (Wildman–Crippen MR) is 87.9 cm³/mol. The van der Waals surface area contributed by atoms with Gasteiger partial charge in [-0.25, -0.2) is 19.2 Å². The summed E-state index contributed by atoms with van der Waals surface area (Å²) in [7, 11) is 0. The number of carboxylic acid groups (broad SMARTS) is 4. The maximum atomic E-state index is 10.5. The van der Waals surface area contributed by atoms with Crippen molar-refractivity contribution in [2.75, 3.05) is 0 Å². The first-order valence-electron chi connectivity index (χ1n) is 6.37. The van der Waals surface area contributed by atoms with Crippen molar-refractivity contribution in [1.82, 2.24) is 0 Å². The summed E-state index contributed by atoms with van der Waals surface area (Å²) in [6.07, 6.45) is 0. The summed E-state index contributed by atoms with van der Waals surface area (Å²) in [5.74, 6) is -4.91. The van der Waals surface area contributed by atoms with Crippen LogP contribution in [0, 0.1) is 0 Å². The van der Waals surface area contributed by atoms with E-state index in [0.717, 1.165) is 0 Å². The van der Waals surface area contributed by atoms with E-state index in [-0.39, 0.29) is 50.3 Å². The molecule has 0 aliphatic carbocycles. The molecule has 0 saturated heterocycles. The number of carboxylic acids is 4. The Labute approximate surface area is 162 Å². The van der Waals surface area contributed by atoms with Gasteiger partial charge in [0.2, 0.25) is 0 Å². The van der Waals surface area contributed by atoms with E-state index in [2.05, 4.69) is 0 Å². The Morgan fingerprint density at radius 2 is 0.630 bits per heavy atom. The van der Waals surface area contributed by atoms with E-state index in [1.807, 2.05) is 0 Å². The molecule has 0 bridgehead atoms. The minimum Gasteiger partial charge on any atom is -0.478 e. The maximum Gasteiger partial charge on any atom is 0.336 e. The first kappa shape index (κ1) is 28.6. The zero-order chi connectivity index (χ0) is 18.3. The van der Waals surface area contributed by atoms with Crippen molar-refractivity contribution < 1.29 is 67.6 Å². The van der Waals surface area contributed by atoms with Gasteiger partial charge in [-0.1, -0.05) is 24.3 Å². The normalized spacial score (nSPS) is 8.30. The molecule has 0 heterocycles. The van der Waals surface area contributed by atoms with Crippen LogP contribution in [0.5, 0.6) is 0 Å². The van der Waals surface area contributed by atoms with Crippen LogP contribution in [0.3, 0.4) is 0 Å². The van der Waals surface area contributed by atoms with Gasteiger partial charge < -0.3 is 31.4 Å². The molecule has 2 rings (SSSR count). The topological polar surface area (TPSA) is 212 Å². The molecular weight excluding hydrogens is 416 g/mol. The average Bonchev–Trinajstić information content (AvgIpc) is 2.55. The fourth-order valence-corrected chi connectivity index (χ4v) is 1.71. The molecular formula is C16H16CuO10. The van der Waals surface area contributed by atoms with Crippen LogP contribution in [0.4, 0.5) is 0 Å². The smallest absolute Gasteiger partial charge is 0.336 e. The standard InChI is InChI=1S/2C8H6O4.Cu.2H2O/c2*9-7(10)5-3-1-2-4-6(5)8(11)12;;;/h2*1-4H,(H,9,10)(H,11,12);;2*1H2. The van der Waals surface area contributed by atoms with Crippen molar-refractivity contribution in [3.63, 3.8) is 0 Å². The Hall–Kier alpha value is -3.24. The maximum absolute atomic E-state index is 10.5. The molecule has 2 aromatic carbocycles. The minimum atomic E-state index is -1.23. The van der Waals surface area contributed by atoms with Gasteiger partial charge in [-0.2, -0.15) is 0 Å². The number of benzene rings is 2. The summed E-state index contributed by atoms with van der Waals surface area (Å²) < 4.78 is 0. The summed E-state index contributed by atoms with van der Waals surface area (Å²) in [6, 6.07) is 11.0. The van der Waals surface area contributed by atoms with Gasteiger partial charge in [-0.05, 0) is 24.3 Å². The van der Waals surface area contributed by atoms with Gasteiger partial charge in [-0.15, -0.1) is 0 Å². The van der Waals surface area contributed by atoms with Crippen LogP contribution in [0.1, 0.15) is 41.4 Å². The van der Waals surface area contributed by atoms with E-state index in [0.29, 0.717) is 0 Å². The molecule has 10 nitrogen and oxygen atoms in total. The van der Waals surface area contributed by atoms with Crippen molar-refractivity contribution in [3.8, 4) is 0 Å². The molecule has 0 amide bonds. The van der Waals surface area contributed by atoms with E-state index in [4.69, 9.17) is 20.4 Å². The Morgan fingerprint density at radius 1 is 0.481 bits per heavy atom. The van der Waals surface area contributed by atoms with Gasteiger partial charge in [0.05, 0.1) is 22.3 Å². The van der Waals surface area contributed by atoms with E-state index >= 15 is 0 Å². The third-order valence-electron chi connectivity index (χ3n) is 2.78. The number of carbonyl (C=O) groups is 4. The average molecular weight is 432 g/mol. The van der Waals surface area contributed by atoms with Gasteiger partial charge in [-0.3, -0.25) is 0 Å². The minimum absolute atomic E-state index is 0. The van der Waals surface area contributed by atoms with Gasteiger partial charge >= 0.3 is 23.9 Å². The summed E-state index contributed by atoms with van der Waals surface area (Å²) >= 11 is 0. The van der Waals surface area contributed by atoms with Gasteiger partial charge in [0.1, 0.15) is 0 Å². The summed E-state index contributed by atoms with van der Waals surface area (Å²) in [5, 5.41) is 34.2. The second kappa shape index (κ2) is 13.0. The molecule has 0 spiro atoms. The van der Waals surface area contributed by atoms with Crippen LogP contribution in [-0.2, 0) is 17.1 Å². The SMILES string of the molecule is O.O.O=C(O)c1ccccc1C(=O)O.O=C(O)c1ccccc1C(=O)O.[Cu]. The summed E-state index contributed by atoms with van der Waals surface area (Å²) in [5.41, 5.74) is -0.759. The van der Waals surface area contributed by atoms with Crippen LogP contribution in [-0.4, -0.2) is 55.3 Å². The van der Waals surface area contributed by atoms with Gasteiger partial charge in [0.15, 0.2) is 0 Å². The number of aromatic carboxylic acids is 4. The van der Waals surface area contributed by atoms with Gasteiger partial charge in [0.25, 0.3) is 0 Å². The predicted octanol–water partition coefficient (Wildman–Crippen LogP) is 0.514. The zero-order valence-corrected chi connectivity index (χ0v) is 14.3. The van der Waals surface area contributed by atoms with Crippen LogP contribution >= 0.6 is 0 Å². The Bertz CT molecular complexity index is 670. The second-order valence-corrected chi connectivity index (χ2v) is 4.31. The largest absolute Gasteiger partial charge is 0.478 e. The molecule has 1 radical (unpaired) electrons. The van der Waals surface area contributed by atoms with E-state index in [1.54, 1.807) is 0 Å². The van der Waals surface area contributed by atoms with Crippen LogP contribution in [0.15, 0.2) is 48.5 Å². The fraction of sp³-hybridized carbons (Fsp3) is 0. The first-order chi connectivity index (χ1) is 11.3. The molecule has 27 heavy (non-hydrogen) atoms. The molecule has 151 valence electrons.